The maximum atomic E-state index is 10.1. The van der Waals surface area contributed by atoms with Gasteiger partial charge in [-0.25, -0.2) is 9.97 Å². The van der Waals surface area contributed by atoms with Gasteiger partial charge in [0.05, 0.1) is 13.2 Å². The van der Waals surface area contributed by atoms with Crippen molar-refractivity contribution in [2.45, 2.75) is 31.0 Å². The summed E-state index contributed by atoms with van der Waals surface area (Å²) in [6.07, 6.45) is 8.79. The summed E-state index contributed by atoms with van der Waals surface area (Å²) in [5.41, 5.74) is 1.03. The third kappa shape index (κ3) is 5.19. The van der Waals surface area contributed by atoms with Gasteiger partial charge in [-0.1, -0.05) is 30.0 Å². The molecule has 2 aromatic rings. The van der Waals surface area contributed by atoms with Gasteiger partial charge >= 0.3 is 0 Å². The predicted octanol–water partition coefficient (Wildman–Crippen LogP) is 3.24. The Balaban J connectivity index is 1.55. The smallest absolute Gasteiger partial charge is 0.187 e. The number of benzene rings is 1. The zero-order valence-corrected chi connectivity index (χ0v) is 16.1. The number of rotatable bonds is 8. The van der Waals surface area contributed by atoms with Crippen LogP contribution in [0.25, 0.3) is 0 Å². The molecule has 5 nitrogen and oxygen atoms in total. The first-order chi connectivity index (χ1) is 12.7. The molecule has 0 amide bonds. The lowest BCUT2D eigenvalue weighted by atomic mass is 9.78. The summed E-state index contributed by atoms with van der Waals surface area (Å²) in [6.45, 7) is 3.58. The Hall–Kier alpha value is -1.63. The molecular formula is C20H27N3O2S. The number of hydrogen-bond donors (Lipinski definition) is 1. The van der Waals surface area contributed by atoms with Gasteiger partial charge in [0, 0.05) is 36.5 Å². The van der Waals surface area contributed by atoms with Crippen molar-refractivity contribution in [1.82, 2.24) is 14.9 Å². The molecule has 0 saturated carbocycles. The van der Waals surface area contributed by atoms with Crippen molar-refractivity contribution < 1.29 is 9.84 Å². The maximum Gasteiger partial charge on any atom is 0.187 e. The number of aliphatic hydroxyl groups is 1. The molecule has 140 valence electrons. The molecule has 26 heavy (non-hydrogen) atoms. The Morgan fingerprint density at radius 3 is 2.69 bits per heavy atom. The van der Waals surface area contributed by atoms with E-state index < -0.39 is 0 Å². The average molecular weight is 374 g/mol. The largest absolute Gasteiger partial charge is 0.494 e. The summed E-state index contributed by atoms with van der Waals surface area (Å²) in [5, 5.41) is 10.9. The van der Waals surface area contributed by atoms with Crippen LogP contribution in [0.1, 0.15) is 24.8 Å². The monoisotopic (exact) mass is 373 g/mol. The average Bonchev–Trinajstić information content (AvgIpc) is 2.70. The first-order valence-corrected chi connectivity index (χ1v) is 10.3. The summed E-state index contributed by atoms with van der Waals surface area (Å²) in [6, 6.07) is 9.87. The molecule has 1 aliphatic rings. The van der Waals surface area contributed by atoms with Crippen LogP contribution in [0.4, 0.5) is 0 Å². The first-order valence-electron chi connectivity index (χ1n) is 9.09. The lowest BCUT2D eigenvalue weighted by molar-refractivity contribution is 0.0127. The molecule has 1 aromatic heterocycles. The highest BCUT2D eigenvalue weighted by atomic mass is 32.2. The van der Waals surface area contributed by atoms with E-state index in [0.717, 1.165) is 55.4 Å². The second-order valence-corrected chi connectivity index (χ2v) is 7.74. The number of thioether (sulfide) groups is 1. The highest BCUT2D eigenvalue weighted by Gasteiger charge is 2.34. The van der Waals surface area contributed by atoms with Gasteiger partial charge in [0.15, 0.2) is 5.16 Å². The number of piperidine rings is 1. The highest BCUT2D eigenvalue weighted by Crippen LogP contribution is 2.34. The van der Waals surface area contributed by atoms with Crippen molar-refractivity contribution in [3.05, 3.63) is 48.3 Å². The number of likely N-dealkylation sites (tertiary alicyclic amines) is 1. The first kappa shape index (κ1) is 19.1. The predicted molar refractivity (Wildman–Crippen MR) is 104 cm³/mol. The fourth-order valence-corrected chi connectivity index (χ4v) is 3.86. The van der Waals surface area contributed by atoms with Crippen LogP contribution in [0.5, 0.6) is 5.75 Å². The highest BCUT2D eigenvalue weighted by molar-refractivity contribution is 7.98. The van der Waals surface area contributed by atoms with Crippen molar-refractivity contribution in [3.63, 3.8) is 0 Å². The van der Waals surface area contributed by atoms with Crippen LogP contribution < -0.4 is 4.74 Å². The van der Waals surface area contributed by atoms with Crippen molar-refractivity contribution in [1.29, 1.82) is 0 Å². The molecule has 1 atom stereocenters. The molecule has 2 heterocycles. The molecule has 3 rings (SSSR count). The molecular weight excluding hydrogens is 346 g/mol. The van der Waals surface area contributed by atoms with Crippen LogP contribution in [0.3, 0.4) is 0 Å². The van der Waals surface area contributed by atoms with Gasteiger partial charge < -0.3 is 9.84 Å². The Morgan fingerprint density at radius 1 is 1.23 bits per heavy atom. The quantitative estimate of drug-likeness (QED) is 0.566. The topological polar surface area (TPSA) is 58.5 Å². The van der Waals surface area contributed by atoms with E-state index in [1.165, 1.54) is 0 Å². The van der Waals surface area contributed by atoms with Gasteiger partial charge in [0.25, 0.3) is 0 Å². The molecule has 1 aliphatic heterocycles. The second kappa shape index (κ2) is 9.35. The minimum atomic E-state index is -0.0902. The van der Waals surface area contributed by atoms with E-state index >= 15 is 0 Å². The summed E-state index contributed by atoms with van der Waals surface area (Å²) in [5.74, 6) is 0.888. The van der Waals surface area contributed by atoms with Crippen LogP contribution >= 0.6 is 11.8 Å². The molecule has 1 aromatic carbocycles. The van der Waals surface area contributed by atoms with Crippen LogP contribution in [0, 0.1) is 5.41 Å². The summed E-state index contributed by atoms with van der Waals surface area (Å²) in [4.78, 5) is 11.1. The van der Waals surface area contributed by atoms with Crippen molar-refractivity contribution in [3.8, 4) is 5.75 Å². The van der Waals surface area contributed by atoms with E-state index in [-0.39, 0.29) is 12.0 Å². The Morgan fingerprint density at radius 2 is 2.00 bits per heavy atom. The summed E-state index contributed by atoms with van der Waals surface area (Å²) < 4.78 is 5.86. The van der Waals surface area contributed by atoms with E-state index in [1.807, 2.05) is 49.0 Å². The lowest BCUT2D eigenvalue weighted by Crippen LogP contribution is -2.45. The molecule has 1 N–H and O–H groups in total. The number of aromatic nitrogens is 2. The van der Waals surface area contributed by atoms with Gasteiger partial charge in [-0.15, -0.1) is 0 Å². The molecule has 0 spiro atoms. The van der Waals surface area contributed by atoms with Crippen LogP contribution in [0.15, 0.2) is 47.9 Å². The van der Waals surface area contributed by atoms with E-state index in [4.69, 9.17) is 4.74 Å². The van der Waals surface area contributed by atoms with Crippen molar-refractivity contribution in [2.75, 3.05) is 32.6 Å². The Kier molecular flexibility index (Phi) is 6.88. The van der Waals surface area contributed by atoms with Gasteiger partial charge in [0.1, 0.15) is 5.75 Å². The molecule has 1 saturated heterocycles. The van der Waals surface area contributed by atoms with E-state index in [2.05, 4.69) is 14.9 Å². The minimum absolute atomic E-state index is 0.0902. The second-order valence-electron chi connectivity index (χ2n) is 6.96. The molecule has 1 fully saturated rings. The third-order valence-electron chi connectivity index (χ3n) is 4.99. The molecule has 0 aliphatic carbocycles. The van der Waals surface area contributed by atoms with Crippen molar-refractivity contribution in [2.24, 2.45) is 5.41 Å². The van der Waals surface area contributed by atoms with Gasteiger partial charge in [0.2, 0.25) is 0 Å². The number of ether oxygens (including phenoxy) is 1. The zero-order valence-electron chi connectivity index (χ0n) is 15.3. The number of aliphatic hydroxyl groups excluding tert-OH is 1. The fraction of sp³-hybridized carbons (Fsp3) is 0.500. The van der Waals surface area contributed by atoms with Crippen LogP contribution in [0.2, 0.25) is 0 Å². The zero-order chi connectivity index (χ0) is 18.2. The van der Waals surface area contributed by atoms with E-state index in [9.17, 15) is 5.11 Å². The van der Waals surface area contributed by atoms with E-state index in [0.29, 0.717) is 6.61 Å². The Bertz CT molecular complexity index is 669. The maximum absolute atomic E-state index is 10.1. The van der Waals surface area contributed by atoms with E-state index in [1.54, 1.807) is 11.8 Å². The summed E-state index contributed by atoms with van der Waals surface area (Å²) >= 11 is 1.55. The normalized spacial score (nSPS) is 20.8. The van der Waals surface area contributed by atoms with Gasteiger partial charge in [-0.05, 0) is 44.2 Å². The fourth-order valence-electron chi connectivity index (χ4n) is 3.55. The van der Waals surface area contributed by atoms with Gasteiger partial charge in [-0.2, -0.15) is 0 Å². The molecule has 1 unspecified atom stereocenters. The SMILES string of the molecule is CSc1ncc(CN2CCCC(CO)(CCOc3ccccc3)C2)cn1. The molecule has 0 radical (unpaired) electrons. The van der Waals surface area contributed by atoms with Crippen molar-refractivity contribution >= 4 is 11.8 Å². The standard InChI is InChI=1S/C20H27N3O2S/c1-26-19-21-12-17(13-22-19)14-23-10-5-8-20(15-23,16-24)9-11-25-18-6-3-2-4-7-18/h2-4,6-7,12-13,24H,5,8-11,14-16H2,1H3. The molecule has 6 heteroatoms. The third-order valence-corrected chi connectivity index (χ3v) is 5.57. The lowest BCUT2D eigenvalue weighted by Gasteiger charge is -2.41. The van der Waals surface area contributed by atoms with Crippen LogP contribution in [-0.4, -0.2) is 52.5 Å². The van der Waals surface area contributed by atoms with Gasteiger partial charge in [-0.3, -0.25) is 4.90 Å². The summed E-state index contributed by atoms with van der Waals surface area (Å²) in [7, 11) is 0. The Labute approximate surface area is 159 Å². The van der Waals surface area contributed by atoms with Crippen LogP contribution in [-0.2, 0) is 6.54 Å². The minimum Gasteiger partial charge on any atom is -0.494 e. The number of hydrogen-bond acceptors (Lipinski definition) is 6. The molecule has 0 bridgehead atoms. The number of para-hydroxylation sites is 1. The number of nitrogens with zero attached hydrogens (tertiary/aromatic N) is 3.